The van der Waals surface area contributed by atoms with E-state index in [1.807, 2.05) is 18.2 Å². The summed E-state index contributed by atoms with van der Waals surface area (Å²) < 4.78 is 17.9. The minimum atomic E-state index is -0.773. The van der Waals surface area contributed by atoms with E-state index in [9.17, 15) is 14.4 Å². The highest BCUT2D eigenvalue weighted by Gasteiger charge is 2.33. The van der Waals surface area contributed by atoms with E-state index < -0.39 is 18.0 Å². The summed E-state index contributed by atoms with van der Waals surface area (Å²) in [6, 6.07) is 17.1. The highest BCUT2D eigenvalue weighted by atomic mass is 32.1. The number of hydrogen-bond donors (Lipinski definition) is 0. The average molecular weight is 571 g/mol. The first kappa shape index (κ1) is 28.0. The first-order valence-corrected chi connectivity index (χ1v) is 14.0. The first-order valence-electron chi connectivity index (χ1n) is 13.2. The van der Waals surface area contributed by atoms with Crippen molar-refractivity contribution in [1.82, 2.24) is 4.57 Å². The van der Waals surface area contributed by atoms with Gasteiger partial charge in [0.1, 0.15) is 5.75 Å². The second-order valence-electron chi connectivity index (χ2n) is 10.6. The molecule has 0 aliphatic carbocycles. The van der Waals surface area contributed by atoms with Gasteiger partial charge in [0.25, 0.3) is 5.56 Å². The van der Waals surface area contributed by atoms with Gasteiger partial charge in [-0.25, -0.2) is 14.6 Å². The number of aromatic nitrogens is 1. The van der Waals surface area contributed by atoms with Crippen LogP contribution in [-0.2, 0) is 14.9 Å². The molecule has 41 heavy (non-hydrogen) atoms. The van der Waals surface area contributed by atoms with E-state index >= 15 is 0 Å². The molecule has 1 atom stereocenters. The summed E-state index contributed by atoms with van der Waals surface area (Å²) >= 11 is 1.27. The van der Waals surface area contributed by atoms with Crippen LogP contribution >= 0.6 is 11.3 Å². The molecule has 1 unspecified atom stereocenters. The van der Waals surface area contributed by atoms with Crippen molar-refractivity contribution in [3.05, 3.63) is 120 Å². The lowest BCUT2D eigenvalue weighted by atomic mass is 9.87. The van der Waals surface area contributed by atoms with Gasteiger partial charge in [-0.05, 0) is 66.3 Å². The first-order chi connectivity index (χ1) is 19.6. The second kappa shape index (κ2) is 11.2. The number of carbonyl (C=O) groups is 2. The van der Waals surface area contributed by atoms with E-state index in [0.717, 1.165) is 5.56 Å². The van der Waals surface area contributed by atoms with Crippen molar-refractivity contribution in [3.8, 4) is 5.75 Å². The van der Waals surface area contributed by atoms with Crippen LogP contribution in [0.25, 0.3) is 6.08 Å². The Morgan fingerprint density at radius 3 is 2.37 bits per heavy atom. The molecule has 0 N–H and O–H groups in total. The van der Waals surface area contributed by atoms with Crippen molar-refractivity contribution in [2.75, 3.05) is 6.61 Å². The number of allylic oxidation sites excluding steroid dienone is 1. The molecule has 4 aromatic rings. The van der Waals surface area contributed by atoms with E-state index in [1.54, 1.807) is 44.2 Å². The van der Waals surface area contributed by atoms with E-state index in [0.29, 0.717) is 26.3 Å². The predicted molar refractivity (Wildman–Crippen MR) is 156 cm³/mol. The van der Waals surface area contributed by atoms with Gasteiger partial charge in [-0.1, -0.05) is 68.5 Å². The maximum absolute atomic E-state index is 13.8. The summed E-state index contributed by atoms with van der Waals surface area (Å²) in [5, 5.41) is 0. The zero-order valence-electron chi connectivity index (χ0n) is 23.5. The van der Waals surface area contributed by atoms with Gasteiger partial charge in [0.05, 0.1) is 34.7 Å². The van der Waals surface area contributed by atoms with Crippen LogP contribution in [-0.4, -0.2) is 23.1 Å². The SMILES string of the molecule is CCOC(=O)C1=C(C)N=c2s/c(=C\c3ccc(C(C)(C)C)cc3)c(=O)n2C1c1ccc(OC(=O)c2ccco2)cc1. The highest BCUT2D eigenvalue weighted by Crippen LogP contribution is 2.32. The molecule has 0 saturated heterocycles. The van der Waals surface area contributed by atoms with Crippen molar-refractivity contribution < 1.29 is 23.5 Å². The summed E-state index contributed by atoms with van der Waals surface area (Å²) in [6.45, 7) is 10.1. The molecule has 1 aliphatic rings. The molecule has 3 heterocycles. The maximum atomic E-state index is 13.8. The Morgan fingerprint density at radius 2 is 1.76 bits per heavy atom. The molecular formula is C32H30N2O6S. The summed E-state index contributed by atoms with van der Waals surface area (Å²) in [5.74, 6) is -0.801. The Bertz CT molecular complexity index is 1800. The molecule has 9 heteroatoms. The third-order valence-corrected chi connectivity index (χ3v) is 7.70. The molecule has 1 aliphatic heterocycles. The Balaban J connectivity index is 1.57. The van der Waals surface area contributed by atoms with Gasteiger partial charge >= 0.3 is 11.9 Å². The van der Waals surface area contributed by atoms with Crippen molar-refractivity contribution in [2.24, 2.45) is 4.99 Å². The van der Waals surface area contributed by atoms with Gasteiger partial charge in [-0.2, -0.15) is 0 Å². The van der Waals surface area contributed by atoms with Crippen LogP contribution in [0.4, 0.5) is 0 Å². The molecule has 0 radical (unpaired) electrons. The molecule has 0 spiro atoms. The molecular weight excluding hydrogens is 540 g/mol. The maximum Gasteiger partial charge on any atom is 0.379 e. The van der Waals surface area contributed by atoms with Gasteiger partial charge in [0.15, 0.2) is 4.80 Å². The number of thiazole rings is 1. The molecule has 2 aromatic carbocycles. The van der Waals surface area contributed by atoms with Crippen LogP contribution in [0, 0.1) is 0 Å². The molecule has 2 aromatic heterocycles. The Labute approximate surface area is 240 Å². The van der Waals surface area contributed by atoms with Crippen LogP contribution in [0.3, 0.4) is 0 Å². The van der Waals surface area contributed by atoms with E-state index in [2.05, 4.69) is 37.9 Å². The highest BCUT2D eigenvalue weighted by molar-refractivity contribution is 7.07. The molecule has 0 saturated carbocycles. The molecule has 210 valence electrons. The van der Waals surface area contributed by atoms with Crippen molar-refractivity contribution in [2.45, 2.75) is 46.1 Å². The molecule has 0 bridgehead atoms. The normalized spacial score (nSPS) is 15.3. The standard InChI is InChI=1S/C32H30N2O6S/c1-6-38-30(37)26-19(2)33-31-34(28(35)25(41-31)18-20-9-13-22(14-10-20)32(3,4)5)27(26)21-11-15-23(16-12-21)40-29(36)24-8-7-17-39-24/h7-18,27H,6H2,1-5H3/b25-18-. The Morgan fingerprint density at radius 1 is 1.05 bits per heavy atom. The quantitative estimate of drug-likeness (QED) is 0.241. The van der Waals surface area contributed by atoms with Crippen molar-refractivity contribution in [1.29, 1.82) is 0 Å². The lowest BCUT2D eigenvalue weighted by molar-refractivity contribution is -0.139. The van der Waals surface area contributed by atoms with Gasteiger partial charge in [0.2, 0.25) is 5.76 Å². The zero-order valence-corrected chi connectivity index (χ0v) is 24.3. The fraction of sp³-hybridized carbons (Fsp3) is 0.250. The van der Waals surface area contributed by atoms with Gasteiger partial charge < -0.3 is 13.9 Å². The molecule has 0 amide bonds. The third kappa shape index (κ3) is 5.71. The van der Waals surface area contributed by atoms with Crippen LogP contribution in [0.5, 0.6) is 5.75 Å². The third-order valence-electron chi connectivity index (χ3n) is 6.72. The van der Waals surface area contributed by atoms with Crippen LogP contribution in [0.2, 0.25) is 0 Å². The van der Waals surface area contributed by atoms with E-state index in [4.69, 9.17) is 13.9 Å². The second-order valence-corrected chi connectivity index (χ2v) is 11.6. The lowest BCUT2D eigenvalue weighted by Crippen LogP contribution is -2.39. The fourth-order valence-corrected chi connectivity index (χ4v) is 5.65. The smallest absolute Gasteiger partial charge is 0.379 e. The van der Waals surface area contributed by atoms with E-state index in [-0.39, 0.29) is 28.9 Å². The number of fused-ring (bicyclic) bond motifs is 1. The number of nitrogens with zero attached hydrogens (tertiary/aromatic N) is 2. The van der Waals surface area contributed by atoms with Crippen LogP contribution in [0.15, 0.2) is 92.4 Å². The van der Waals surface area contributed by atoms with Crippen LogP contribution < -0.4 is 19.6 Å². The summed E-state index contributed by atoms with van der Waals surface area (Å²) in [4.78, 5) is 44.4. The van der Waals surface area contributed by atoms with Gasteiger partial charge in [0, 0.05) is 0 Å². The summed E-state index contributed by atoms with van der Waals surface area (Å²) in [6.07, 6.45) is 3.23. The fourth-order valence-electron chi connectivity index (χ4n) is 4.61. The van der Waals surface area contributed by atoms with Crippen molar-refractivity contribution in [3.63, 3.8) is 0 Å². The number of benzene rings is 2. The zero-order chi connectivity index (χ0) is 29.3. The number of hydrogen-bond acceptors (Lipinski definition) is 8. The Hall–Kier alpha value is -4.50. The van der Waals surface area contributed by atoms with E-state index in [1.165, 1.54) is 33.8 Å². The van der Waals surface area contributed by atoms with Gasteiger partial charge in [-0.3, -0.25) is 9.36 Å². The summed E-state index contributed by atoms with van der Waals surface area (Å²) in [7, 11) is 0. The summed E-state index contributed by atoms with van der Waals surface area (Å²) in [5.41, 5.74) is 3.24. The molecule has 0 fully saturated rings. The number of furan rings is 1. The van der Waals surface area contributed by atoms with Crippen molar-refractivity contribution >= 4 is 29.4 Å². The molecule has 8 nitrogen and oxygen atoms in total. The average Bonchev–Trinajstić information content (AvgIpc) is 3.57. The lowest BCUT2D eigenvalue weighted by Gasteiger charge is -2.24. The number of carbonyl (C=O) groups excluding carboxylic acids is 2. The minimum Gasteiger partial charge on any atom is -0.463 e. The largest absolute Gasteiger partial charge is 0.463 e. The number of rotatable bonds is 6. The number of ether oxygens (including phenoxy) is 2. The topological polar surface area (TPSA) is 100 Å². The monoisotopic (exact) mass is 570 g/mol. The van der Waals surface area contributed by atoms with Crippen LogP contribution in [0.1, 0.15) is 67.9 Å². The number of esters is 2. The minimum absolute atomic E-state index is 0.0194. The molecule has 5 rings (SSSR count). The predicted octanol–water partition coefficient (Wildman–Crippen LogP) is 4.91. The Kier molecular flexibility index (Phi) is 7.64. The van der Waals surface area contributed by atoms with Gasteiger partial charge in [-0.15, -0.1) is 0 Å².